The second-order valence-electron chi connectivity index (χ2n) is 7.64. The minimum Gasteiger partial charge on any atom is -0.492 e. The predicted octanol–water partition coefficient (Wildman–Crippen LogP) is 0.597. The van der Waals surface area contributed by atoms with Crippen LogP contribution in [-0.4, -0.2) is 83.3 Å². The molecule has 0 aliphatic carbocycles. The highest BCUT2D eigenvalue weighted by Crippen LogP contribution is 2.29. The Kier molecular flexibility index (Phi) is 5.72. The fourth-order valence-electron chi connectivity index (χ4n) is 3.48. The van der Waals surface area contributed by atoms with E-state index in [1.54, 1.807) is 11.9 Å². The van der Waals surface area contributed by atoms with Crippen molar-refractivity contribution in [3.63, 3.8) is 0 Å². The van der Waals surface area contributed by atoms with Crippen molar-refractivity contribution in [1.29, 1.82) is 0 Å². The Bertz CT molecular complexity index is 1110. The van der Waals surface area contributed by atoms with E-state index in [0.717, 1.165) is 0 Å². The number of H-pyrrole nitrogens is 1. The molecule has 0 atom stereocenters. The number of hydrogen-bond acceptors (Lipinski definition) is 8. The maximum absolute atomic E-state index is 14.7. The maximum atomic E-state index is 14.7. The molecular weight excluding hydrogens is 410 g/mol. The van der Waals surface area contributed by atoms with Crippen molar-refractivity contribution in [1.82, 2.24) is 29.9 Å². The average molecular weight is 434 g/mol. The lowest BCUT2D eigenvalue weighted by atomic mass is 10.2. The summed E-state index contributed by atoms with van der Waals surface area (Å²) in [4.78, 5) is 24.8. The van der Waals surface area contributed by atoms with Crippen molar-refractivity contribution in [3.05, 3.63) is 34.1 Å². The second kappa shape index (κ2) is 8.46. The number of halogens is 2. The quantitative estimate of drug-likeness (QED) is 0.603. The molecule has 1 fully saturated rings. The van der Waals surface area contributed by atoms with Crippen LogP contribution in [0, 0.1) is 11.6 Å². The number of aromatic nitrogens is 5. The Balaban J connectivity index is 1.46. The number of rotatable bonds is 6. The molecule has 0 spiro atoms. The van der Waals surface area contributed by atoms with Gasteiger partial charge in [-0.1, -0.05) is 5.21 Å². The SMILES string of the molecule is CN(C)CCOc1cc(F)c(N2CCN(c3nc4c(nnn4C)c(=O)[nH]3)CC2)c(F)c1. The largest absolute Gasteiger partial charge is 0.492 e. The van der Waals surface area contributed by atoms with E-state index in [1.165, 1.54) is 16.8 Å². The van der Waals surface area contributed by atoms with E-state index in [4.69, 9.17) is 4.74 Å². The summed E-state index contributed by atoms with van der Waals surface area (Å²) in [6, 6.07) is 2.42. The highest BCUT2D eigenvalue weighted by atomic mass is 19.1. The Morgan fingerprint density at radius 2 is 1.77 bits per heavy atom. The zero-order chi connectivity index (χ0) is 22.1. The van der Waals surface area contributed by atoms with E-state index in [2.05, 4.69) is 20.3 Å². The van der Waals surface area contributed by atoms with E-state index in [-0.39, 0.29) is 22.5 Å². The first-order valence-corrected chi connectivity index (χ1v) is 9.89. The van der Waals surface area contributed by atoms with Gasteiger partial charge in [0.25, 0.3) is 5.56 Å². The minimum atomic E-state index is -0.665. The Morgan fingerprint density at radius 1 is 1.13 bits per heavy atom. The fourth-order valence-corrected chi connectivity index (χ4v) is 3.48. The van der Waals surface area contributed by atoms with E-state index in [1.807, 2.05) is 23.9 Å². The molecule has 12 heteroatoms. The van der Waals surface area contributed by atoms with Crippen LogP contribution in [0.4, 0.5) is 20.4 Å². The summed E-state index contributed by atoms with van der Waals surface area (Å²) in [5, 5.41) is 7.60. The number of fused-ring (bicyclic) bond motifs is 1. The van der Waals surface area contributed by atoms with Crippen molar-refractivity contribution >= 4 is 22.8 Å². The van der Waals surface area contributed by atoms with Crippen LogP contribution in [0.15, 0.2) is 16.9 Å². The summed E-state index contributed by atoms with van der Waals surface area (Å²) < 4.78 is 36.2. The summed E-state index contributed by atoms with van der Waals surface area (Å²) in [7, 11) is 5.44. The van der Waals surface area contributed by atoms with Crippen LogP contribution in [0.3, 0.4) is 0 Å². The van der Waals surface area contributed by atoms with Crippen molar-refractivity contribution < 1.29 is 13.5 Å². The standard InChI is InChI=1S/C19H24F2N8O2/c1-26(2)8-9-31-12-10-13(20)16(14(21)11-12)28-4-6-29(7-5-28)19-22-17-15(18(30)23-19)24-25-27(17)3/h10-11H,4-9H2,1-3H3,(H,22,23,30). The molecule has 0 amide bonds. The second-order valence-corrected chi connectivity index (χ2v) is 7.64. The van der Waals surface area contributed by atoms with Gasteiger partial charge in [-0.15, -0.1) is 5.10 Å². The van der Waals surface area contributed by atoms with Gasteiger partial charge in [-0.3, -0.25) is 9.78 Å². The monoisotopic (exact) mass is 434 g/mol. The number of anilines is 2. The first kappa shape index (κ1) is 21.0. The smallest absolute Gasteiger partial charge is 0.282 e. The lowest BCUT2D eigenvalue weighted by Crippen LogP contribution is -2.48. The van der Waals surface area contributed by atoms with Gasteiger partial charge >= 0.3 is 0 Å². The molecule has 3 heterocycles. The molecule has 0 unspecified atom stereocenters. The van der Waals surface area contributed by atoms with Gasteiger partial charge in [0.2, 0.25) is 5.95 Å². The van der Waals surface area contributed by atoms with Crippen LogP contribution in [0.5, 0.6) is 5.75 Å². The number of hydrogen-bond donors (Lipinski definition) is 1. The van der Waals surface area contributed by atoms with Crippen LogP contribution in [0.1, 0.15) is 0 Å². The highest BCUT2D eigenvalue weighted by Gasteiger charge is 2.25. The molecule has 3 aromatic rings. The van der Waals surface area contributed by atoms with Crippen LogP contribution in [-0.2, 0) is 7.05 Å². The van der Waals surface area contributed by atoms with Crippen molar-refractivity contribution in [2.45, 2.75) is 0 Å². The summed E-state index contributed by atoms with van der Waals surface area (Å²) in [5.41, 5.74) is 0.0925. The minimum absolute atomic E-state index is 0.0765. The van der Waals surface area contributed by atoms with Crippen LogP contribution < -0.4 is 20.1 Å². The van der Waals surface area contributed by atoms with Gasteiger partial charge in [0.1, 0.15) is 18.0 Å². The number of nitrogens with one attached hydrogen (secondary N) is 1. The fraction of sp³-hybridized carbons (Fsp3) is 0.474. The molecule has 0 saturated carbocycles. The van der Waals surface area contributed by atoms with E-state index in [0.29, 0.717) is 50.9 Å². The summed E-state index contributed by atoms with van der Waals surface area (Å²) in [6.07, 6.45) is 0. The van der Waals surface area contributed by atoms with E-state index < -0.39 is 11.6 Å². The van der Waals surface area contributed by atoms with Gasteiger partial charge in [-0.05, 0) is 14.1 Å². The van der Waals surface area contributed by atoms with Crippen LogP contribution in [0.2, 0.25) is 0 Å². The van der Waals surface area contributed by atoms with Gasteiger partial charge in [0.15, 0.2) is 22.8 Å². The topological polar surface area (TPSA) is 95.4 Å². The number of ether oxygens (including phenoxy) is 1. The first-order valence-electron chi connectivity index (χ1n) is 9.89. The zero-order valence-electron chi connectivity index (χ0n) is 17.6. The van der Waals surface area contributed by atoms with Gasteiger partial charge in [-0.2, -0.15) is 4.98 Å². The van der Waals surface area contributed by atoms with Crippen LogP contribution >= 0.6 is 0 Å². The third kappa shape index (κ3) is 4.29. The highest BCUT2D eigenvalue weighted by molar-refractivity contribution is 5.69. The number of benzene rings is 1. The molecule has 1 aliphatic heterocycles. The van der Waals surface area contributed by atoms with E-state index in [9.17, 15) is 13.6 Å². The average Bonchev–Trinajstić information content (AvgIpc) is 3.09. The molecule has 4 rings (SSSR count). The molecule has 1 N–H and O–H groups in total. The number of aromatic amines is 1. The molecule has 0 bridgehead atoms. The third-order valence-electron chi connectivity index (χ3n) is 5.14. The lowest BCUT2D eigenvalue weighted by molar-refractivity contribution is 0.259. The first-order chi connectivity index (χ1) is 14.8. The summed E-state index contributed by atoms with van der Waals surface area (Å²) >= 11 is 0. The lowest BCUT2D eigenvalue weighted by Gasteiger charge is -2.36. The molecular formula is C19H24F2N8O2. The van der Waals surface area contributed by atoms with Crippen molar-refractivity contribution in [3.8, 4) is 5.75 Å². The van der Waals surface area contributed by atoms with E-state index >= 15 is 0 Å². The number of nitrogens with zero attached hydrogens (tertiary/aromatic N) is 7. The Labute approximate surface area is 177 Å². The molecule has 2 aromatic heterocycles. The van der Waals surface area contributed by atoms with Gasteiger partial charge in [0, 0.05) is 51.9 Å². The summed E-state index contributed by atoms with van der Waals surface area (Å²) in [5.74, 6) is -0.781. The predicted molar refractivity (Wildman–Crippen MR) is 112 cm³/mol. The Hall–Kier alpha value is -3.28. The van der Waals surface area contributed by atoms with Crippen molar-refractivity contribution in [2.24, 2.45) is 7.05 Å². The van der Waals surface area contributed by atoms with Gasteiger partial charge in [0.05, 0.1) is 0 Å². The molecule has 10 nitrogen and oxygen atoms in total. The molecule has 31 heavy (non-hydrogen) atoms. The molecule has 1 aromatic carbocycles. The van der Waals surface area contributed by atoms with Gasteiger partial charge < -0.3 is 19.4 Å². The molecule has 1 saturated heterocycles. The third-order valence-corrected chi connectivity index (χ3v) is 5.14. The summed E-state index contributed by atoms with van der Waals surface area (Å²) in [6.45, 7) is 2.56. The number of likely N-dealkylation sites (N-methyl/N-ethyl adjacent to an activating group) is 1. The number of piperazine rings is 1. The molecule has 166 valence electrons. The zero-order valence-corrected chi connectivity index (χ0v) is 17.6. The van der Waals surface area contributed by atoms with Crippen molar-refractivity contribution in [2.75, 3.05) is 63.2 Å². The molecule has 0 radical (unpaired) electrons. The van der Waals surface area contributed by atoms with Gasteiger partial charge in [-0.25, -0.2) is 13.5 Å². The maximum Gasteiger partial charge on any atom is 0.282 e. The number of aryl methyl sites for hydroxylation is 1. The molecule has 1 aliphatic rings. The normalized spacial score (nSPS) is 14.6. The van der Waals surface area contributed by atoms with Crippen LogP contribution in [0.25, 0.3) is 11.2 Å². The Morgan fingerprint density at radius 3 is 2.42 bits per heavy atom.